The van der Waals surface area contributed by atoms with Crippen molar-refractivity contribution >= 4 is 0 Å². The minimum absolute atomic E-state index is 0.629. The Hall–Kier alpha value is -1.46. The van der Waals surface area contributed by atoms with Crippen molar-refractivity contribution < 1.29 is 4.74 Å². The first kappa shape index (κ1) is 12.6. The molecule has 19 heavy (non-hydrogen) atoms. The largest absolute Gasteiger partial charge is 0.496 e. The summed E-state index contributed by atoms with van der Waals surface area (Å²) in [6.45, 7) is 1.95. The van der Waals surface area contributed by atoms with Gasteiger partial charge in [-0.15, -0.1) is 6.42 Å². The first-order chi connectivity index (χ1) is 9.33. The summed E-state index contributed by atoms with van der Waals surface area (Å²) in [5.41, 5.74) is 2.87. The number of benzene rings is 1. The van der Waals surface area contributed by atoms with Crippen LogP contribution >= 0.6 is 0 Å². The van der Waals surface area contributed by atoms with Crippen LogP contribution in [0.5, 0.6) is 5.75 Å². The fourth-order valence-corrected chi connectivity index (χ4v) is 3.77. The van der Waals surface area contributed by atoms with Gasteiger partial charge in [-0.25, -0.2) is 0 Å². The normalized spacial score (nSPS) is 26.1. The number of methoxy groups -OCH3 is 1. The number of hydrogen-bond acceptors (Lipinski definition) is 2. The summed E-state index contributed by atoms with van der Waals surface area (Å²) in [7, 11) is 1.77. The van der Waals surface area contributed by atoms with Crippen molar-refractivity contribution in [2.75, 3.05) is 20.2 Å². The highest BCUT2D eigenvalue weighted by molar-refractivity contribution is 5.43. The average Bonchev–Trinajstić information content (AvgIpc) is 2.45. The Morgan fingerprint density at radius 2 is 2.32 bits per heavy atom. The lowest BCUT2D eigenvalue weighted by atomic mass is 9.75. The van der Waals surface area contributed by atoms with E-state index in [2.05, 4.69) is 29.0 Å². The lowest BCUT2D eigenvalue weighted by Crippen LogP contribution is -2.49. The first-order valence-corrected chi connectivity index (χ1v) is 7.15. The van der Waals surface area contributed by atoms with Gasteiger partial charge in [0.15, 0.2) is 0 Å². The highest BCUT2D eigenvalue weighted by atomic mass is 16.5. The van der Waals surface area contributed by atoms with E-state index in [1.54, 1.807) is 7.11 Å². The van der Waals surface area contributed by atoms with Gasteiger partial charge in [-0.1, -0.05) is 18.1 Å². The van der Waals surface area contributed by atoms with E-state index in [0.29, 0.717) is 6.04 Å². The molecule has 1 aliphatic heterocycles. The van der Waals surface area contributed by atoms with Crippen LogP contribution in [0.15, 0.2) is 18.2 Å². The molecule has 1 aromatic carbocycles. The van der Waals surface area contributed by atoms with Crippen LogP contribution in [0.2, 0.25) is 0 Å². The summed E-state index contributed by atoms with van der Waals surface area (Å²) in [4.78, 5) is 2.50. The minimum atomic E-state index is 0.629. The summed E-state index contributed by atoms with van der Waals surface area (Å²) in [6, 6.07) is 7.06. The van der Waals surface area contributed by atoms with Gasteiger partial charge in [-0.2, -0.15) is 0 Å². The van der Waals surface area contributed by atoms with E-state index >= 15 is 0 Å². The van der Waals surface area contributed by atoms with Gasteiger partial charge < -0.3 is 4.74 Å². The van der Waals surface area contributed by atoms with Crippen molar-refractivity contribution in [2.24, 2.45) is 5.92 Å². The molecule has 1 saturated heterocycles. The van der Waals surface area contributed by atoms with Crippen molar-refractivity contribution in [1.82, 2.24) is 4.90 Å². The molecule has 100 valence electrons. The molecule has 0 N–H and O–H groups in total. The highest BCUT2D eigenvalue weighted by Gasteiger charge is 2.35. The molecular formula is C17H21NO. The lowest BCUT2D eigenvalue weighted by molar-refractivity contribution is 0.0986. The average molecular weight is 255 g/mol. The molecular weight excluding hydrogens is 234 g/mol. The Morgan fingerprint density at radius 1 is 1.42 bits per heavy atom. The number of nitrogens with zero attached hydrogens (tertiary/aromatic N) is 1. The molecule has 1 aliphatic carbocycles. The standard InChI is InChI=1S/C17H21NO/c1-3-9-18-10-5-7-14-11-15-13(12-16(14)18)6-4-8-17(15)19-2/h1,4,6,8,14,16H,5,7,9-12H2,2H3/t14-,16-/m1/s1. The molecule has 0 unspecified atom stereocenters. The van der Waals surface area contributed by atoms with Gasteiger partial charge in [0.1, 0.15) is 5.75 Å². The van der Waals surface area contributed by atoms with Gasteiger partial charge >= 0.3 is 0 Å². The van der Waals surface area contributed by atoms with Crippen LogP contribution in [0.25, 0.3) is 0 Å². The number of terminal acetylenes is 1. The van der Waals surface area contributed by atoms with Gasteiger partial charge in [0, 0.05) is 6.04 Å². The van der Waals surface area contributed by atoms with Crippen LogP contribution in [0.1, 0.15) is 24.0 Å². The fraction of sp³-hybridized carbons (Fsp3) is 0.529. The number of fused-ring (bicyclic) bond motifs is 2. The van der Waals surface area contributed by atoms with Crippen LogP contribution in [0.4, 0.5) is 0 Å². The summed E-state index contributed by atoms with van der Waals surface area (Å²) < 4.78 is 5.52. The summed E-state index contributed by atoms with van der Waals surface area (Å²) in [5, 5.41) is 0. The molecule has 0 saturated carbocycles. The van der Waals surface area contributed by atoms with Gasteiger partial charge in [0.25, 0.3) is 0 Å². The number of ether oxygens (including phenoxy) is 1. The Balaban J connectivity index is 1.91. The van der Waals surface area contributed by atoms with E-state index in [-0.39, 0.29) is 0 Å². The maximum atomic E-state index is 5.52. The summed E-state index contributed by atoms with van der Waals surface area (Å²) >= 11 is 0. The zero-order valence-corrected chi connectivity index (χ0v) is 11.6. The molecule has 0 aromatic heterocycles. The first-order valence-electron chi connectivity index (χ1n) is 7.15. The molecule has 0 radical (unpaired) electrons. The molecule has 2 aliphatic rings. The quantitative estimate of drug-likeness (QED) is 0.753. The van der Waals surface area contributed by atoms with Crippen LogP contribution in [0.3, 0.4) is 0 Å². The predicted octanol–water partition coefficient (Wildman–Crippen LogP) is 2.51. The summed E-state index contributed by atoms with van der Waals surface area (Å²) in [5.74, 6) is 4.62. The Bertz CT molecular complexity index is 502. The third-order valence-corrected chi connectivity index (χ3v) is 4.67. The molecule has 2 nitrogen and oxygen atoms in total. The maximum Gasteiger partial charge on any atom is 0.122 e. The smallest absolute Gasteiger partial charge is 0.122 e. The third kappa shape index (κ3) is 2.24. The van der Waals surface area contributed by atoms with Gasteiger partial charge in [-0.3, -0.25) is 4.90 Å². The van der Waals surface area contributed by atoms with E-state index in [4.69, 9.17) is 11.2 Å². The highest BCUT2D eigenvalue weighted by Crippen LogP contribution is 2.38. The third-order valence-electron chi connectivity index (χ3n) is 4.67. The van der Waals surface area contributed by atoms with E-state index in [1.807, 2.05) is 0 Å². The zero-order valence-electron chi connectivity index (χ0n) is 11.6. The van der Waals surface area contributed by atoms with Crippen LogP contribution in [0, 0.1) is 18.3 Å². The van der Waals surface area contributed by atoms with Crippen molar-refractivity contribution in [2.45, 2.75) is 31.7 Å². The molecule has 3 rings (SSSR count). The monoisotopic (exact) mass is 255 g/mol. The van der Waals surface area contributed by atoms with Gasteiger partial charge in [0.05, 0.1) is 13.7 Å². The maximum absolute atomic E-state index is 5.52. The molecule has 1 heterocycles. The predicted molar refractivity (Wildman–Crippen MR) is 77.3 cm³/mol. The molecule has 2 atom stereocenters. The van der Waals surface area contributed by atoms with Gasteiger partial charge in [-0.05, 0) is 55.3 Å². The Labute approximate surface area is 115 Å². The fourth-order valence-electron chi connectivity index (χ4n) is 3.77. The molecule has 0 amide bonds. The summed E-state index contributed by atoms with van der Waals surface area (Å²) in [6.07, 6.45) is 10.4. The Morgan fingerprint density at radius 3 is 3.11 bits per heavy atom. The zero-order chi connectivity index (χ0) is 13.2. The van der Waals surface area contributed by atoms with E-state index in [9.17, 15) is 0 Å². The molecule has 0 bridgehead atoms. The Kier molecular flexibility index (Phi) is 3.48. The molecule has 0 spiro atoms. The second-order valence-corrected chi connectivity index (χ2v) is 5.65. The molecule has 1 aromatic rings. The van der Waals surface area contributed by atoms with Crippen molar-refractivity contribution in [3.05, 3.63) is 29.3 Å². The van der Waals surface area contributed by atoms with Crippen molar-refractivity contribution in [3.63, 3.8) is 0 Å². The number of rotatable bonds is 2. The number of likely N-dealkylation sites (tertiary alicyclic amines) is 1. The van der Waals surface area contributed by atoms with Crippen LogP contribution < -0.4 is 4.74 Å². The van der Waals surface area contributed by atoms with E-state index < -0.39 is 0 Å². The van der Waals surface area contributed by atoms with Crippen molar-refractivity contribution in [3.8, 4) is 18.1 Å². The number of hydrogen-bond donors (Lipinski definition) is 0. The second-order valence-electron chi connectivity index (χ2n) is 5.65. The van der Waals surface area contributed by atoms with Gasteiger partial charge in [0.2, 0.25) is 0 Å². The van der Waals surface area contributed by atoms with Crippen LogP contribution in [-0.4, -0.2) is 31.1 Å². The van der Waals surface area contributed by atoms with E-state index in [1.165, 1.54) is 24.0 Å². The SMILES string of the molecule is C#CCN1CCC[C@@H]2Cc3c(cccc3OC)C[C@H]21. The van der Waals surface area contributed by atoms with Crippen molar-refractivity contribution in [1.29, 1.82) is 0 Å². The topological polar surface area (TPSA) is 12.5 Å². The lowest BCUT2D eigenvalue weighted by Gasteiger charge is -2.44. The molecule has 1 fully saturated rings. The minimum Gasteiger partial charge on any atom is -0.496 e. The molecule has 2 heteroatoms. The van der Waals surface area contributed by atoms with Crippen LogP contribution in [-0.2, 0) is 12.8 Å². The van der Waals surface area contributed by atoms with E-state index in [0.717, 1.165) is 37.6 Å². The second kappa shape index (κ2) is 5.27. The number of piperidine rings is 1.